The summed E-state index contributed by atoms with van der Waals surface area (Å²) < 4.78 is 0. The summed E-state index contributed by atoms with van der Waals surface area (Å²) in [6, 6.07) is 4.90. The second-order valence-corrected chi connectivity index (χ2v) is 3.60. The van der Waals surface area contributed by atoms with Crippen LogP contribution in [0.4, 0.5) is 5.69 Å². The van der Waals surface area contributed by atoms with E-state index in [1.807, 2.05) is 0 Å². The van der Waals surface area contributed by atoms with Gasteiger partial charge in [-0.2, -0.15) is 0 Å². The van der Waals surface area contributed by atoms with Gasteiger partial charge in [0, 0.05) is 19.2 Å². The van der Waals surface area contributed by atoms with Crippen molar-refractivity contribution in [3.8, 4) is 0 Å². The first-order chi connectivity index (χ1) is 7.09. The molecule has 15 heavy (non-hydrogen) atoms. The molecule has 0 aliphatic carbocycles. The molecule has 1 N–H and O–H groups in total. The van der Waals surface area contributed by atoms with E-state index >= 15 is 0 Å². The molecule has 1 aliphatic rings. The van der Waals surface area contributed by atoms with Crippen molar-refractivity contribution >= 4 is 17.6 Å². The Labute approximate surface area is 87.1 Å². The summed E-state index contributed by atoms with van der Waals surface area (Å²) in [6.07, 6.45) is 1.19. The minimum Gasteiger partial charge on any atom is -0.478 e. The van der Waals surface area contributed by atoms with Crippen LogP contribution in [-0.2, 0) is 11.2 Å². The Morgan fingerprint density at radius 1 is 1.40 bits per heavy atom. The van der Waals surface area contributed by atoms with Gasteiger partial charge in [-0.3, -0.25) is 4.79 Å². The summed E-state index contributed by atoms with van der Waals surface area (Å²) in [5, 5.41) is 8.84. The summed E-state index contributed by atoms with van der Waals surface area (Å²) in [6.45, 7) is 0. The lowest BCUT2D eigenvalue weighted by molar-refractivity contribution is -0.118. The van der Waals surface area contributed by atoms with Crippen LogP contribution in [0.3, 0.4) is 0 Å². The number of carboxylic acids is 1. The fourth-order valence-electron chi connectivity index (χ4n) is 1.76. The number of nitrogens with zero attached hydrogens (tertiary/aromatic N) is 1. The third kappa shape index (κ3) is 1.58. The summed E-state index contributed by atoms with van der Waals surface area (Å²) >= 11 is 0. The molecular weight excluding hydrogens is 194 g/mol. The van der Waals surface area contributed by atoms with Gasteiger partial charge < -0.3 is 10.0 Å². The molecule has 2 rings (SSSR count). The average Bonchev–Trinajstić information content (AvgIpc) is 2.23. The van der Waals surface area contributed by atoms with E-state index in [2.05, 4.69) is 0 Å². The molecule has 0 atom stereocenters. The lowest BCUT2D eigenvalue weighted by atomic mass is 9.99. The number of hydrogen-bond donors (Lipinski definition) is 1. The van der Waals surface area contributed by atoms with E-state index in [0.717, 1.165) is 5.56 Å². The monoisotopic (exact) mass is 205 g/mol. The number of carboxylic acid groups (broad SMARTS) is 1. The van der Waals surface area contributed by atoms with E-state index in [-0.39, 0.29) is 11.5 Å². The average molecular weight is 205 g/mol. The van der Waals surface area contributed by atoms with Crippen molar-refractivity contribution in [3.63, 3.8) is 0 Å². The molecule has 1 amide bonds. The van der Waals surface area contributed by atoms with E-state index in [1.54, 1.807) is 25.2 Å². The van der Waals surface area contributed by atoms with Gasteiger partial charge in [-0.15, -0.1) is 0 Å². The van der Waals surface area contributed by atoms with Crippen molar-refractivity contribution < 1.29 is 14.7 Å². The maximum Gasteiger partial charge on any atom is 0.335 e. The lowest BCUT2D eigenvalue weighted by Crippen LogP contribution is -2.31. The Morgan fingerprint density at radius 2 is 2.13 bits per heavy atom. The molecular formula is C11H11NO3. The molecule has 1 heterocycles. The largest absolute Gasteiger partial charge is 0.478 e. The van der Waals surface area contributed by atoms with Gasteiger partial charge >= 0.3 is 5.97 Å². The third-order valence-corrected chi connectivity index (χ3v) is 2.68. The lowest BCUT2D eigenvalue weighted by Gasteiger charge is -2.25. The zero-order chi connectivity index (χ0) is 11.0. The first-order valence-electron chi connectivity index (χ1n) is 4.72. The van der Waals surface area contributed by atoms with Gasteiger partial charge in [0.1, 0.15) is 0 Å². The summed E-state index contributed by atoms with van der Waals surface area (Å²) in [5.41, 5.74) is 1.96. The highest BCUT2D eigenvalue weighted by molar-refractivity contribution is 5.98. The van der Waals surface area contributed by atoms with Crippen molar-refractivity contribution in [1.82, 2.24) is 0 Å². The van der Waals surface area contributed by atoms with E-state index in [4.69, 9.17) is 5.11 Å². The van der Waals surface area contributed by atoms with Crippen LogP contribution >= 0.6 is 0 Å². The van der Waals surface area contributed by atoms with Gasteiger partial charge in [0.05, 0.1) is 5.56 Å². The Balaban J connectivity index is 2.50. The Morgan fingerprint density at radius 3 is 2.80 bits per heavy atom. The number of aryl methyl sites for hydroxylation is 1. The number of carbonyl (C=O) groups excluding carboxylic acids is 1. The number of anilines is 1. The van der Waals surface area contributed by atoms with Crippen LogP contribution in [0.2, 0.25) is 0 Å². The van der Waals surface area contributed by atoms with Crippen LogP contribution in [0, 0.1) is 0 Å². The molecule has 78 valence electrons. The highest BCUT2D eigenvalue weighted by Crippen LogP contribution is 2.27. The summed E-state index contributed by atoms with van der Waals surface area (Å²) in [4.78, 5) is 23.7. The third-order valence-electron chi connectivity index (χ3n) is 2.68. The maximum atomic E-state index is 11.4. The smallest absolute Gasteiger partial charge is 0.335 e. The van der Waals surface area contributed by atoms with Gasteiger partial charge in [0.15, 0.2) is 0 Å². The van der Waals surface area contributed by atoms with E-state index in [0.29, 0.717) is 18.5 Å². The van der Waals surface area contributed by atoms with Crippen LogP contribution in [0.5, 0.6) is 0 Å². The Bertz CT molecular complexity index is 439. The maximum absolute atomic E-state index is 11.4. The molecule has 0 bridgehead atoms. The summed E-state index contributed by atoms with van der Waals surface area (Å²) in [7, 11) is 1.67. The number of hydrogen-bond acceptors (Lipinski definition) is 2. The SMILES string of the molecule is CN1C(=O)CCc2ccc(C(=O)O)cc21. The first-order valence-corrected chi connectivity index (χ1v) is 4.72. The van der Waals surface area contributed by atoms with Crippen LogP contribution in [-0.4, -0.2) is 24.0 Å². The second-order valence-electron chi connectivity index (χ2n) is 3.60. The summed E-state index contributed by atoms with van der Waals surface area (Å²) in [5.74, 6) is -0.936. The molecule has 0 saturated carbocycles. The van der Waals surface area contributed by atoms with Gasteiger partial charge in [-0.05, 0) is 24.1 Å². The number of amides is 1. The first kappa shape index (κ1) is 9.71. The van der Waals surface area contributed by atoms with Crippen molar-refractivity contribution in [1.29, 1.82) is 0 Å². The fourth-order valence-corrected chi connectivity index (χ4v) is 1.76. The molecule has 4 nitrogen and oxygen atoms in total. The van der Waals surface area contributed by atoms with Crippen LogP contribution < -0.4 is 4.90 Å². The van der Waals surface area contributed by atoms with Gasteiger partial charge in [-0.1, -0.05) is 6.07 Å². The number of benzene rings is 1. The molecule has 0 radical (unpaired) electrons. The molecule has 0 spiro atoms. The van der Waals surface area contributed by atoms with Gasteiger partial charge in [0.25, 0.3) is 0 Å². The van der Waals surface area contributed by atoms with E-state index in [1.165, 1.54) is 4.90 Å². The van der Waals surface area contributed by atoms with Gasteiger partial charge in [-0.25, -0.2) is 4.79 Å². The fraction of sp³-hybridized carbons (Fsp3) is 0.273. The zero-order valence-corrected chi connectivity index (χ0v) is 8.36. The Kier molecular flexibility index (Phi) is 2.19. The predicted molar refractivity (Wildman–Crippen MR) is 55.1 cm³/mol. The number of carbonyl (C=O) groups is 2. The highest BCUT2D eigenvalue weighted by atomic mass is 16.4. The molecule has 1 aromatic carbocycles. The van der Waals surface area contributed by atoms with Crippen molar-refractivity contribution in [2.75, 3.05) is 11.9 Å². The van der Waals surface area contributed by atoms with E-state index < -0.39 is 5.97 Å². The predicted octanol–water partition coefficient (Wildman–Crippen LogP) is 1.29. The minimum absolute atomic E-state index is 0.0324. The van der Waals surface area contributed by atoms with Crippen molar-refractivity contribution in [2.45, 2.75) is 12.8 Å². The standard InChI is InChI=1S/C11H11NO3/c1-12-9-6-8(11(14)15)3-2-7(9)4-5-10(12)13/h2-3,6H,4-5H2,1H3,(H,14,15). The normalized spacial score (nSPS) is 15.0. The quantitative estimate of drug-likeness (QED) is 0.751. The van der Waals surface area contributed by atoms with Crippen LogP contribution in [0.1, 0.15) is 22.3 Å². The minimum atomic E-state index is -0.968. The molecule has 1 aliphatic heterocycles. The van der Waals surface area contributed by atoms with E-state index in [9.17, 15) is 9.59 Å². The van der Waals surface area contributed by atoms with Crippen molar-refractivity contribution in [3.05, 3.63) is 29.3 Å². The number of fused-ring (bicyclic) bond motifs is 1. The topological polar surface area (TPSA) is 57.6 Å². The molecule has 0 unspecified atom stereocenters. The molecule has 0 fully saturated rings. The molecule has 4 heteroatoms. The molecule has 1 aromatic rings. The zero-order valence-electron chi connectivity index (χ0n) is 8.36. The van der Waals surface area contributed by atoms with Crippen LogP contribution in [0.15, 0.2) is 18.2 Å². The number of rotatable bonds is 1. The molecule has 0 saturated heterocycles. The highest BCUT2D eigenvalue weighted by Gasteiger charge is 2.21. The molecule has 0 aromatic heterocycles. The van der Waals surface area contributed by atoms with Crippen LogP contribution in [0.25, 0.3) is 0 Å². The second kappa shape index (κ2) is 3.38. The number of aromatic carboxylic acids is 1. The van der Waals surface area contributed by atoms with Gasteiger partial charge in [0.2, 0.25) is 5.91 Å². The van der Waals surface area contributed by atoms with Crippen molar-refractivity contribution in [2.24, 2.45) is 0 Å². The Hall–Kier alpha value is -1.84.